The lowest BCUT2D eigenvalue weighted by atomic mass is 9.68. The van der Waals surface area contributed by atoms with Gasteiger partial charge in [-0.3, -0.25) is 19.8 Å². The van der Waals surface area contributed by atoms with Gasteiger partial charge in [0.2, 0.25) is 0 Å². The number of benzene rings is 3. The molecule has 0 saturated carbocycles. The maximum absolute atomic E-state index is 14.0. The number of ketones is 1. The highest BCUT2D eigenvalue weighted by Gasteiger charge is 2.45. The van der Waals surface area contributed by atoms with Crippen LogP contribution in [0.3, 0.4) is 0 Å². The molecule has 0 radical (unpaired) electrons. The van der Waals surface area contributed by atoms with Gasteiger partial charge in [-0.25, -0.2) is 4.39 Å². The van der Waals surface area contributed by atoms with E-state index in [1.54, 1.807) is 0 Å². The third-order valence-electron chi connectivity index (χ3n) is 8.08. The normalized spacial score (nSPS) is 17.8. The van der Waals surface area contributed by atoms with Gasteiger partial charge < -0.3 is 10.5 Å². The number of non-ortho nitro benzene ring substituents is 1. The Labute approximate surface area is 264 Å². The van der Waals surface area contributed by atoms with E-state index in [0.717, 1.165) is 16.7 Å². The van der Waals surface area contributed by atoms with E-state index in [2.05, 4.69) is 6.07 Å². The van der Waals surface area contributed by atoms with Crippen LogP contribution in [0.4, 0.5) is 15.8 Å². The Hall–Kier alpha value is -4.39. The highest BCUT2D eigenvalue weighted by Crippen LogP contribution is 2.52. The molecule has 2 aliphatic rings. The Morgan fingerprint density at radius 3 is 2.50 bits per heavy atom. The first-order chi connectivity index (χ1) is 20.7. The Balaban J connectivity index is 1.69. The Morgan fingerprint density at radius 1 is 1.11 bits per heavy atom. The third-order valence-corrected chi connectivity index (χ3v) is 8.69. The monoisotopic (exact) mass is 634 g/mol. The molecule has 3 aromatic rings. The molecule has 2 N–H and O–H groups in total. The van der Waals surface area contributed by atoms with Crippen LogP contribution in [-0.2, 0) is 11.4 Å². The number of halogens is 3. The number of nitrogens with two attached hydrogens (primary N) is 1. The number of anilines is 1. The molecule has 5 rings (SSSR count). The van der Waals surface area contributed by atoms with E-state index >= 15 is 0 Å². The fourth-order valence-electron chi connectivity index (χ4n) is 6.01. The molecule has 3 aromatic carbocycles. The number of carbonyl (C=O) groups excluding carboxylic acids is 1. The molecule has 1 aliphatic heterocycles. The van der Waals surface area contributed by atoms with E-state index in [4.69, 9.17) is 33.7 Å². The van der Waals surface area contributed by atoms with Crippen LogP contribution < -0.4 is 15.4 Å². The summed E-state index contributed by atoms with van der Waals surface area (Å²) in [5.74, 6) is -1.06. The zero-order chi connectivity index (χ0) is 32.1. The lowest BCUT2D eigenvalue weighted by Gasteiger charge is -2.44. The predicted octanol–water partition coefficient (Wildman–Crippen LogP) is 8.18. The minimum Gasteiger partial charge on any atom is -0.487 e. The van der Waals surface area contributed by atoms with E-state index in [1.165, 1.54) is 41.3 Å². The largest absolute Gasteiger partial charge is 0.487 e. The van der Waals surface area contributed by atoms with Gasteiger partial charge in [0.05, 0.1) is 38.2 Å². The number of carbonyl (C=O) groups is 1. The molecule has 1 unspecified atom stereocenters. The zero-order valence-electron chi connectivity index (χ0n) is 24.5. The van der Waals surface area contributed by atoms with Crippen molar-refractivity contribution in [2.75, 3.05) is 4.90 Å². The summed E-state index contributed by atoms with van der Waals surface area (Å²) in [5, 5.41) is 22.5. The van der Waals surface area contributed by atoms with E-state index in [9.17, 15) is 24.6 Å². The number of ether oxygens (including phenoxy) is 1. The molecule has 44 heavy (non-hydrogen) atoms. The number of nitriles is 1. The molecule has 0 fully saturated rings. The van der Waals surface area contributed by atoms with Crippen LogP contribution in [-0.4, -0.2) is 10.7 Å². The van der Waals surface area contributed by atoms with E-state index in [1.807, 2.05) is 39.8 Å². The summed E-state index contributed by atoms with van der Waals surface area (Å²) in [6.07, 6.45) is 0.647. The van der Waals surface area contributed by atoms with Crippen molar-refractivity contribution < 1.29 is 18.8 Å². The maximum Gasteiger partial charge on any atom is 0.271 e. The summed E-state index contributed by atoms with van der Waals surface area (Å²) in [7, 11) is 0. The Kier molecular flexibility index (Phi) is 8.19. The van der Waals surface area contributed by atoms with Crippen LogP contribution >= 0.6 is 23.2 Å². The van der Waals surface area contributed by atoms with Crippen LogP contribution in [0.1, 0.15) is 54.9 Å². The molecule has 8 nitrogen and oxygen atoms in total. The quantitative estimate of drug-likeness (QED) is 0.214. The zero-order valence-corrected chi connectivity index (χ0v) is 26.0. The summed E-state index contributed by atoms with van der Waals surface area (Å²) in [6, 6.07) is 13.9. The molecular weight excluding hydrogens is 606 g/mol. The fraction of sp³-hybridized carbons (Fsp3) is 0.273. The number of rotatable bonds is 6. The molecule has 1 aliphatic carbocycles. The van der Waals surface area contributed by atoms with E-state index in [-0.39, 0.29) is 51.6 Å². The van der Waals surface area contributed by atoms with Crippen molar-refractivity contribution in [3.05, 3.63) is 119 Å². The van der Waals surface area contributed by atoms with Crippen LogP contribution in [0.2, 0.25) is 10.0 Å². The number of allylic oxidation sites excluding steroid dienone is 3. The number of hydrogen-bond acceptors (Lipinski definition) is 7. The SMILES string of the molecule is Cc1cc(C)c(C2C(C#N)=C(N)N(c3cc([N+](=O)[O-])ccc3Cl)C3=C2C(=O)CC(C)(C)C3)cc1COc1ccc(F)cc1Cl. The second kappa shape index (κ2) is 11.6. The van der Waals surface area contributed by atoms with Gasteiger partial charge in [0.25, 0.3) is 5.69 Å². The van der Waals surface area contributed by atoms with Gasteiger partial charge in [-0.15, -0.1) is 0 Å². The summed E-state index contributed by atoms with van der Waals surface area (Å²) in [4.78, 5) is 26.6. The second-order valence-corrected chi connectivity index (χ2v) is 12.7. The molecule has 0 amide bonds. The van der Waals surface area contributed by atoms with Crippen molar-refractivity contribution in [2.45, 2.75) is 53.1 Å². The van der Waals surface area contributed by atoms with Crippen LogP contribution in [0.5, 0.6) is 5.75 Å². The first-order valence-electron chi connectivity index (χ1n) is 13.8. The molecular formula is C33H29Cl2FN4O4. The molecule has 0 aromatic heterocycles. The van der Waals surface area contributed by atoms with Crippen molar-refractivity contribution in [2.24, 2.45) is 11.1 Å². The van der Waals surface area contributed by atoms with Gasteiger partial charge in [0.15, 0.2) is 5.78 Å². The van der Waals surface area contributed by atoms with Gasteiger partial charge in [-0.2, -0.15) is 5.26 Å². The standard InChI is InChI=1S/C33H29Cl2FN4O4/c1-17-9-18(2)22(10-19(17)16-44-29-8-5-20(36)11-25(29)35)30-23(15-37)32(38)39(26-12-21(40(42)43)6-7-24(26)34)27-13-33(3,4)14-28(41)31(27)30/h5-12,30H,13-14,16,38H2,1-4H3. The molecule has 0 saturated heterocycles. The summed E-state index contributed by atoms with van der Waals surface area (Å²) < 4.78 is 19.5. The second-order valence-electron chi connectivity index (χ2n) is 11.9. The smallest absolute Gasteiger partial charge is 0.271 e. The summed E-state index contributed by atoms with van der Waals surface area (Å²) >= 11 is 12.7. The van der Waals surface area contributed by atoms with Gasteiger partial charge in [-0.1, -0.05) is 49.2 Å². The number of nitrogens with zero attached hydrogens (tertiary/aromatic N) is 3. The van der Waals surface area contributed by atoms with Crippen molar-refractivity contribution in [3.63, 3.8) is 0 Å². The van der Waals surface area contributed by atoms with Crippen molar-refractivity contribution in [3.8, 4) is 11.8 Å². The number of nitro benzene ring substituents is 1. The number of hydrogen-bond donors (Lipinski definition) is 1. The lowest BCUT2D eigenvalue weighted by molar-refractivity contribution is -0.384. The molecule has 1 heterocycles. The average molecular weight is 636 g/mol. The summed E-state index contributed by atoms with van der Waals surface area (Å²) in [5.41, 5.74) is 10.6. The molecule has 0 spiro atoms. The fourth-order valence-corrected chi connectivity index (χ4v) is 6.44. The van der Waals surface area contributed by atoms with Crippen LogP contribution in [0.25, 0.3) is 0 Å². The van der Waals surface area contributed by atoms with E-state index in [0.29, 0.717) is 29.0 Å². The Morgan fingerprint density at radius 2 is 1.84 bits per heavy atom. The predicted molar refractivity (Wildman–Crippen MR) is 167 cm³/mol. The first kappa shape index (κ1) is 31.0. The van der Waals surface area contributed by atoms with E-state index < -0.39 is 22.1 Å². The molecule has 1 atom stereocenters. The maximum atomic E-state index is 14.0. The van der Waals surface area contributed by atoms with Crippen molar-refractivity contribution >= 4 is 40.4 Å². The van der Waals surface area contributed by atoms with Gasteiger partial charge in [-0.05, 0) is 72.2 Å². The van der Waals surface area contributed by atoms with Gasteiger partial charge in [0, 0.05) is 29.8 Å². The minimum absolute atomic E-state index is 0.0417. The minimum atomic E-state index is -0.791. The average Bonchev–Trinajstić information content (AvgIpc) is 2.93. The topological polar surface area (TPSA) is 122 Å². The first-order valence-corrected chi connectivity index (χ1v) is 14.6. The van der Waals surface area contributed by atoms with Crippen molar-refractivity contribution in [1.29, 1.82) is 5.26 Å². The highest BCUT2D eigenvalue weighted by atomic mass is 35.5. The summed E-state index contributed by atoms with van der Waals surface area (Å²) in [6.45, 7) is 7.84. The van der Waals surface area contributed by atoms with Gasteiger partial charge in [0.1, 0.15) is 24.0 Å². The molecule has 11 heteroatoms. The molecule has 0 bridgehead atoms. The Bertz CT molecular complexity index is 1840. The third kappa shape index (κ3) is 5.63. The van der Waals surface area contributed by atoms with Gasteiger partial charge >= 0.3 is 0 Å². The van der Waals surface area contributed by atoms with Crippen molar-refractivity contribution in [1.82, 2.24) is 0 Å². The number of nitro groups is 1. The van der Waals surface area contributed by atoms with Crippen LogP contribution in [0, 0.1) is 46.5 Å². The number of Topliss-reactive ketones (excluding diaryl/α,β-unsaturated/α-hetero) is 1. The molecule has 226 valence electrons. The number of aryl methyl sites for hydroxylation is 2. The van der Waals surface area contributed by atoms with Crippen LogP contribution in [0.15, 0.2) is 71.2 Å². The highest BCUT2D eigenvalue weighted by molar-refractivity contribution is 6.33. The lowest BCUT2D eigenvalue weighted by Crippen LogP contribution is -2.42.